The summed E-state index contributed by atoms with van der Waals surface area (Å²) in [4.78, 5) is 25.4. The summed E-state index contributed by atoms with van der Waals surface area (Å²) in [5, 5.41) is 4.72. The molecule has 3 heterocycles. The molecule has 6 nitrogen and oxygen atoms in total. The Morgan fingerprint density at radius 2 is 2.00 bits per heavy atom. The van der Waals surface area contributed by atoms with E-state index in [9.17, 15) is 4.79 Å². The van der Waals surface area contributed by atoms with Crippen LogP contribution in [0.25, 0.3) is 10.2 Å². The minimum absolute atomic E-state index is 0.0804. The standard InChI is InChI=1S/C24H25N3O3S3/c1-14-25-16(12-31-14)13-32-24-26-22-21(17-5-4-6-20(17)33-22)23(28)27(24)10-9-15-7-8-18(29-2)19(11-15)30-3/h7-8,11-12H,4-6,9-10,13H2,1-3H3. The van der Waals surface area contributed by atoms with Gasteiger partial charge in [-0.05, 0) is 55.9 Å². The van der Waals surface area contributed by atoms with Crippen LogP contribution in [0.3, 0.4) is 0 Å². The first kappa shape index (κ1) is 22.4. The summed E-state index contributed by atoms with van der Waals surface area (Å²) in [5.74, 6) is 2.09. The van der Waals surface area contributed by atoms with Crippen molar-refractivity contribution in [1.82, 2.24) is 14.5 Å². The minimum Gasteiger partial charge on any atom is -0.493 e. The summed E-state index contributed by atoms with van der Waals surface area (Å²) in [6.45, 7) is 2.57. The Morgan fingerprint density at radius 3 is 2.76 bits per heavy atom. The third kappa shape index (κ3) is 4.41. The Hall–Kier alpha value is -2.36. The number of aryl methyl sites for hydroxylation is 4. The highest BCUT2D eigenvalue weighted by Crippen LogP contribution is 2.36. The normalized spacial score (nSPS) is 12.9. The van der Waals surface area contributed by atoms with Crippen LogP contribution in [0.15, 0.2) is 33.5 Å². The fourth-order valence-corrected chi connectivity index (χ4v) is 7.19. The van der Waals surface area contributed by atoms with Crippen LogP contribution in [0.2, 0.25) is 0 Å². The maximum absolute atomic E-state index is 13.7. The van der Waals surface area contributed by atoms with E-state index in [0.29, 0.717) is 30.2 Å². The molecule has 0 saturated carbocycles. The number of thiazole rings is 1. The number of rotatable bonds is 8. The number of fused-ring (bicyclic) bond motifs is 3. The third-order valence-corrected chi connectivity index (χ3v) is 8.90. The average Bonchev–Trinajstić information content (AvgIpc) is 3.52. The molecule has 4 aromatic rings. The van der Waals surface area contributed by atoms with Crippen molar-refractivity contribution in [2.75, 3.05) is 14.2 Å². The van der Waals surface area contributed by atoms with E-state index >= 15 is 0 Å². The highest BCUT2D eigenvalue weighted by atomic mass is 32.2. The summed E-state index contributed by atoms with van der Waals surface area (Å²) in [7, 11) is 3.26. The van der Waals surface area contributed by atoms with Crippen molar-refractivity contribution in [3.8, 4) is 11.5 Å². The Kier molecular flexibility index (Phi) is 6.44. The van der Waals surface area contributed by atoms with E-state index in [0.717, 1.165) is 50.9 Å². The molecule has 0 radical (unpaired) electrons. The maximum atomic E-state index is 13.7. The van der Waals surface area contributed by atoms with Crippen LogP contribution in [-0.2, 0) is 31.6 Å². The number of methoxy groups -OCH3 is 2. The van der Waals surface area contributed by atoms with Gasteiger partial charge in [0.2, 0.25) is 0 Å². The van der Waals surface area contributed by atoms with Crippen molar-refractivity contribution in [2.45, 2.75) is 50.1 Å². The lowest BCUT2D eigenvalue weighted by atomic mass is 10.1. The van der Waals surface area contributed by atoms with Crippen molar-refractivity contribution < 1.29 is 9.47 Å². The first-order chi connectivity index (χ1) is 16.1. The van der Waals surface area contributed by atoms with E-state index < -0.39 is 0 Å². The van der Waals surface area contributed by atoms with Gasteiger partial charge in [0.05, 0.1) is 30.3 Å². The number of ether oxygens (including phenoxy) is 2. The highest BCUT2D eigenvalue weighted by molar-refractivity contribution is 7.98. The molecule has 0 bridgehead atoms. The van der Waals surface area contributed by atoms with Gasteiger partial charge in [0.25, 0.3) is 5.56 Å². The van der Waals surface area contributed by atoms with E-state index in [1.165, 1.54) is 10.4 Å². The quantitative estimate of drug-likeness (QED) is 0.243. The lowest BCUT2D eigenvalue weighted by molar-refractivity contribution is 0.354. The number of thioether (sulfide) groups is 1. The summed E-state index contributed by atoms with van der Waals surface area (Å²) < 4.78 is 12.7. The lowest BCUT2D eigenvalue weighted by Crippen LogP contribution is -2.24. The Bertz CT molecular complexity index is 1370. The van der Waals surface area contributed by atoms with Gasteiger partial charge in [0, 0.05) is 22.6 Å². The van der Waals surface area contributed by atoms with E-state index in [1.807, 2.05) is 29.7 Å². The number of aromatic nitrogens is 3. The number of hydrogen-bond acceptors (Lipinski definition) is 8. The lowest BCUT2D eigenvalue weighted by Gasteiger charge is -2.13. The molecule has 172 valence electrons. The van der Waals surface area contributed by atoms with Crippen LogP contribution in [0.5, 0.6) is 11.5 Å². The molecular formula is C24H25N3O3S3. The molecule has 0 aliphatic heterocycles. The first-order valence-electron chi connectivity index (χ1n) is 10.9. The predicted molar refractivity (Wildman–Crippen MR) is 136 cm³/mol. The molecule has 0 amide bonds. The van der Waals surface area contributed by atoms with Gasteiger partial charge in [-0.3, -0.25) is 9.36 Å². The summed E-state index contributed by atoms with van der Waals surface area (Å²) in [6, 6.07) is 5.90. The van der Waals surface area contributed by atoms with Crippen LogP contribution in [-0.4, -0.2) is 28.8 Å². The second kappa shape index (κ2) is 9.48. The minimum atomic E-state index is 0.0804. The van der Waals surface area contributed by atoms with E-state index in [2.05, 4.69) is 10.4 Å². The fraction of sp³-hybridized carbons (Fsp3) is 0.375. The van der Waals surface area contributed by atoms with Gasteiger partial charge in [-0.1, -0.05) is 17.8 Å². The molecule has 0 saturated heterocycles. The summed E-state index contributed by atoms with van der Waals surface area (Å²) in [5.41, 5.74) is 3.41. The van der Waals surface area contributed by atoms with Crippen molar-refractivity contribution in [1.29, 1.82) is 0 Å². The zero-order valence-electron chi connectivity index (χ0n) is 18.8. The Labute approximate surface area is 204 Å². The van der Waals surface area contributed by atoms with Gasteiger partial charge in [0.15, 0.2) is 16.7 Å². The smallest absolute Gasteiger partial charge is 0.263 e. The average molecular weight is 500 g/mol. The molecule has 3 aromatic heterocycles. The second-order valence-corrected chi connectivity index (χ2v) is 11.1. The molecule has 0 N–H and O–H groups in total. The van der Waals surface area contributed by atoms with Crippen LogP contribution in [0.4, 0.5) is 0 Å². The number of hydrogen-bond donors (Lipinski definition) is 0. The van der Waals surface area contributed by atoms with Crippen LogP contribution < -0.4 is 15.0 Å². The second-order valence-electron chi connectivity index (χ2n) is 7.97. The van der Waals surface area contributed by atoms with E-state index in [-0.39, 0.29) is 5.56 Å². The molecule has 9 heteroatoms. The van der Waals surface area contributed by atoms with Gasteiger partial charge >= 0.3 is 0 Å². The summed E-state index contributed by atoms with van der Waals surface area (Å²) >= 11 is 4.93. The topological polar surface area (TPSA) is 66.2 Å². The molecule has 1 aromatic carbocycles. The largest absolute Gasteiger partial charge is 0.493 e. The van der Waals surface area contributed by atoms with E-state index in [1.54, 1.807) is 48.7 Å². The maximum Gasteiger partial charge on any atom is 0.263 e. The molecule has 0 unspecified atom stereocenters. The van der Waals surface area contributed by atoms with Gasteiger partial charge in [0.1, 0.15) is 4.83 Å². The van der Waals surface area contributed by atoms with Crippen molar-refractivity contribution >= 4 is 44.7 Å². The zero-order chi connectivity index (χ0) is 22.9. The molecule has 0 spiro atoms. The van der Waals surface area contributed by atoms with Crippen molar-refractivity contribution in [3.63, 3.8) is 0 Å². The Morgan fingerprint density at radius 1 is 1.15 bits per heavy atom. The zero-order valence-corrected chi connectivity index (χ0v) is 21.3. The van der Waals surface area contributed by atoms with Crippen LogP contribution in [0.1, 0.15) is 33.1 Å². The first-order valence-corrected chi connectivity index (χ1v) is 13.6. The summed E-state index contributed by atoms with van der Waals surface area (Å²) in [6.07, 6.45) is 3.86. The number of benzene rings is 1. The molecule has 0 atom stereocenters. The molecule has 0 fully saturated rings. The van der Waals surface area contributed by atoms with E-state index in [4.69, 9.17) is 14.5 Å². The fourth-order valence-electron chi connectivity index (χ4n) is 4.26. The predicted octanol–water partition coefficient (Wildman–Crippen LogP) is 5.26. The SMILES string of the molecule is COc1ccc(CCn2c(SCc3csc(C)n3)nc3sc4c(c3c2=O)CCC4)cc1OC. The van der Waals surface area contributed by atoms with Crippen LogP contribution >= 0.6 is 34.4 Å². The molecular weight excluding hydrogens is 474 g/mol. The van der Waals surface area contributed by atoms with Crippen molar-refractivity contribution in [3.05, 3.63) is 60.6 Å². The van der Waals surface area contributed by atoms with Gasteiger partial charge in [-0.2, -0.15) is 0 Å². The molecule has 1 aliphatic rings. The van der Waals surface area contributed by atoms with Gasteiger partial charge in [-0.25, -0.2) is 9.97 Å². The number of thiophene rings is 1. The van der Waals surface area contributed by atoms with Crippen LogP contribution in [0, 0.1) is 6.92 Å². The molecule has 1 aliphatic carbocycles. The Balaban J connectivity index is 1.49. The monoisotopic (exact) mass is 499 g/mol. The van der Waals surface area contributed by atoms with Gasteiger partial charge < -0.3 is 9.47 Å². The number of nitrogens with zero attached hydrogens (tertiary/aromatic N) is 3. The molecule has 33 heavy (non-hydrogen) atoms. The third-order valence-electron chi connectivity index (χ3n) is 5.88. The molecule has 5 rings (SSSR count). The highest BCUT2D eigenvalue weighted by Gasteiger charge is 2.23. The van der Waals surface area contributed by atoms with Gasteiger partial charge in [-0.15, -0.1) is 22.7 Å². The van der Waals surface area contributed by atoms with Crippen molar-refractivity contribution in [2.24, 2.45) is 0 Å².